The molecule has 0 N–H and O–H groups in total. The van der Waals surface area contributed by atoms with Crippen molar-refractivity contribution >= 4 is 8.07 Å². The highest BCUT2D eigenvalue weighted by Gasteiger charge is 2.31. The lowest BCUT2D eigenvalue weighted by Gasteiger charge is -2.35. The van der Waals surface area contributed by atoms with E-state index in [2.05, 4.69) is 56.9 Å². The molecular weight excluding hydrogens is 252 g/mol. The molecule has 0 saturated carbocycles. The van der Waals surface area contributed by atoms with E-state index < -0.39 is 8.07 Å². The Morgan fingerprint density at radius 2 is 1.74 bits per heavy atom. The van der Waals surface area contributed by atoms with Crippen LogP contribution in [-0.2, 0) is 15.9 Å². The fraction of sp³-hybridized carbons (Fsp3) is 0.625. The minimum atomic E-state index is -1.16. The number of ether oxygens (including phenoxy) is 2. The Hall–Kier alpha value is -0.643. The van der Waals surface area contributed by atoms with Gasteiger partial charge in [-0.2, -0.15) is 0 Å². The van der Waals surface area contributed by atoms with E-state index in [1.165, 1.54) is 5.56 Å². The number of methoxy groups -OCH3 is 1. The molecule has 1 aromatic carbocycles. The highest BCUT2D eigenvalue weighted by Crippen LogP contribution is 2.29. The SMILES string of the molecule is COCOC(C)(CCc1ccccc1)C[Si](C)(C)C. The van der Waals surface area contributed by atoms with Gasteiger partial charge in [-0.15, -0.1) is 0 Å². The van der Waals surface area contributed by atoms with Crippen LogP contribution in [0.3, 0.4) is 0 Å². The minimum Gasteiger partial charge on any atom is -0.359 e. The Morgan fingerprint density at radius 1 is 1.11 bits per heavy atom. The summed E-state index contributed by atoms with van der Waals surface area (Å²) in [5, 5.41) is 0. The van der Waals surface area contributed by atoms with Crippen LogP contribution in [-0.4, -0.2) is 27.6 Å². The van der Waals surface area contributed by atoms with E-state index >= 15 is 0 Å². The third-order valence-electron chi connectivity index (χ3n) is 3.21. The molecule has 0 aromatic heterocycles. The highest BCUT2D eigenvalue weighted by molar-refractivity contribution is 6.76. The third kappa shape index (κ3) is 6.90. The van der Waals surface area contributed by atoms with E-state index in [9.17, 15) is 0 Å². The predicted octanol–water partition coefficient (Wildman–Crippen LogP) is 4.34. The standard InChI is InChI=1S/C16H28O2Si/c1-16(18-14-17-2,13-19(3,4)5)12-11-15-9-7-6-8-10-15/h6-10H,11-14H2,1-5H3. The molecule has 1 aromatic rings. The Bertz CT molecular complexity index is 359. The van der Waals surface area contributed by atoms with Gasteiger partial charge < -0.3 is 9.47 Å². The zero-order valence-electron chi connectivity index (χ0n) is 13.0. The van der Waals surface area contributed by atoms with E-state index in [1.807, 2.05) is 0 Å². The van der Waals surface area contributed by atoms with Crippen LogP contribution in [0.25, 0.3) is 0 Å². The molecule has 108 valence electrons. The first kappa shape index (κ1) is 16.4. The lowest BCUT2D eigenvalue weighted by Crippen LogP contribution is -2.39. The van der Waals surface area contributed by atoms with Crippen LogP contribution in [0.2, 0.25) is 25.7 Å². The van der Waals surface area contributed by atoms with Gasteiger partial charge in [0.2, 0.25) is 0 Å². The molecule has 1 atom stereocenters. The third-order valence-corrected chi connectivity index (χ3v) is 5.02. The zero-order valence-corrected chi connectivity index (χ0v) is 14.0. The molecule has 0 aliphatic heterocycles. The fourth-order valence-electron chi connectivity index (χ4n) is 2.59. The second-order valence-corrected chi connectivity index (χ2v) is 12.2. The van der Waals surface area contributed by atoms with Gasteiger partial charge in [-0.05, 0) is 31.4 Å². The van der Waals surface area contributed by atoms with Crippen molar-refractivity contribution in [3.8, 4) is 0 Å². The number of hydrogen-bond donors (Lipinski definition) is 0. The molecule has 3 heteroatoms. The monoisotopic (exact) mass is 280 g/mol. The largest absolute Gasteiger partial charge is 0.359 e. The molecular formula is C16H28O2Si. The average Bonchev–Trinajstić information content (AvgIpc) is 2.33. The normalized spacial score (nSPS) is 15.2. The first-order valence-corrected chi connectivity index (χ1v) is 10.7. The molecule has 0 aliphatic rings. The summed E-state index contributed by atoms with van der Waals surface area (Å²) in [7, 11) is 0.525. The van der Waals surface area contributed by atoms with Crippen molar-refractivity contribution in [3.63, 3.8) is 0 Å². The quantitative estimate of drug-likeness (QED) is 0.521. The summed E-state index contributed by atoms with van der Waals surface area (Å²) in [4.78, 5) is 0. The summed E-state index contributed by atoms with van der Waals surface area (Å²) in [5.74, 6) is 0. The van der Waals surface area contributed by atoms with Gasteiger partial charge >= 0.3 is 0 Å². The molecule has 19 heavy (non-hydrogen) atoms. The minimum absolute atomic E-state index is 0.0731. The topological polar surface area (TPSA) is 18.5 Å². The molecule has 0 bridgehead atoms. The van der Waals surface area contributed by atoms with Gasteiger partial charge in [-0.3, -0.25) is 0 Å². The van der Waals surface area contributed by atoms with Crippen LogP contribution in [0.15, 0.2) is 30.3 Å². The van der Waals surface area contributed by atoms with Gasteiger partial charge in [0.15, 0.2) is 0 Å². The summed E-state index contributed by atoms with van der Waals surface area (Å²) >= 11 is 0. The molecule has 0 amide bonds. The molecule has 0 aliphatic carbocycles. The maximum absolute atomic E-state index is 5.99. The second kappa shape index (κ2) is 7.22. The van der Waals surface area contributed by atoms with E-state index in [0.717, 1.165) is 18.9 Å². The number of benzene rings is 1. The van der Waals surface area contributed by atoms with Crippen molar-refractivity contribution in [2.75, 3.05) is 13.9 Å². The maximum atomic E-state index is 5.99. The van der Waals surface area contributed by atoms with Crippen LogP contribution in [0.5, 0.6) is 0 Å². The number of rotatable bonds is 8. The Morgan fingerprint density at radius 3 is 2.26 bits per heavy atom. The van der Waals surface area contributed by atoms with Gasteiger partial charge in [0, 0.05) is 15.2 Å². The zero-order chi connectivity index (χ0) is 14.4. The van der Waals surface area contributed by atoms with Crippen LogP contribution in [0.1, 0.15) is 18.9 Å². The maximum Gasteiger partial charge on any atom is 0.147 e. The van der Waals surface area contributed by atoms with E-state index in [4.69, 9.17) is 9.47 Å². The summed E-state index contributed by atoms with van der Waals surface area (Å²) in [6, 6.07) is 11.8. The van der Waals surface area contributed by atoms with Gasteiger partial charge in [-0.1, -0.05) is 50.0 Å². The molecule has 1 unspecified atom stereocenters. The van der Waals surface area contributed by atoms with Gasteiger partial charge in [-0.25, -0.2) is 0 Å². The fourth-order valence-corrected chi connectivity index (χ4v) is 5.11. The van der Waals surface area contributed by atoms with E-state index in [0.29, 0.717) is 6.79 Å². The van der Waals surface area contributed by atoms with Crippen LogP contribution in [0, 0.1) is 0 Å². The summed E-state index contributed by atoms with van der Waals surface area (Å²) < 4.78 is 11.1. The molecule has 0 saturated heterocycles. The predicted molar refractivity (Wildman–Crippen MR) is 84.3 cm³/mol. The van der Waals surface area contributed by atoms with E-state index in [-0.39, 0.29) is 5.60 Å². The summed E-state index contributed by atoms with van der Waals surface area (Å²) in [6.07, 6.45) is 2.11. The van der Waals surface area contributed by atoms with Crippen molar-refractivity contribution in [1.82, 2.24) is 0 Å². The lowest BCUT2D eigenvalue weighted by atomic mass is 9.98. The molecule has 1 rings (SSSR count). The number of aryl methyl sites for hydroxylation is 1. The van der Waals surface area contributed by atoms with Gasteiger partial charge in [0.1, 0.15) is 6.79 Å². The van der Waals surface area contributed by atoms with Crippen molar-refractivity contribution < 1.29 is 9.47 Å². The van der Waals surface area contributed by atoms with Crippen molar-refractivity contribution in [2.24, 2.45) is 0 Å². The second-order valence-electron chi connectivity index (χ2n) is 6.72. The summed E-state index contributed by atoms with van der Waals surface area (Å²) in [5.41, 5.74) is 1.31. The van der Waals surface area contributed by atoms with Gasteiger partial charge in [0.05, 0.1) is 5.60 Å². The van der Waals surface area contributed by atoms with Crippen LogP contribution in [0.4, 0.5) is 0 Å². The first-order valence-electron chi connectivity index (χ1n) is 7.01. The molecule has 0 radical (unpaired) electrons. The molecule has 0 heterocycles. The molecule has 2 nitrogen and oxygen atoms in total. The van der Waals surface area contributed by atoms with Crippen molar-refractivity contribution in [1.29, 1.82) is 0 Å². The smallest absolute Gasteiger partial charge is 0.147 e. The molecule has 0 fully saturated rings. The van der Waals surface area contributed by atoms with Crippen molar-refractivity contribution in [3.05, 3.63) is 35.9 Å². The average molecular weight is 280 g/mol. The Kier molecular flexibility index (Phi) is 6.24. The van der Waals surface area contributed by atoms with Crippen LogP contribution < -0.4 is 0 Å². The molecule has 0 spiro atoms. The van der Waals surface area contributed by atoms with Gasteiger partial charge in [0.25, 0.3) is 0 Å². The highest BCUT2D eigenvalue weighted by atomic mass is 28.3. The Balaban J connectivity index is 2.63. The van der Waals surface area contributed by atoms with E-state index in [1.54, 1.807) is 7.11 Å². The Labute approximate surface area is 119 Å². The number of hydrogen-bond acceptors (Lipinski definition) is 2. The summed E-state index contributed by atoms with van der Waals surface area (Å²) in [6.45, 7) is 9.79. The first-order chi connectivity index (χ1) is 8.85. The lowest BCUT2D eigenvalue weighted by molar-refractivity contribution is -0.117. The van der Waals surface area contributed by atoms with Crippen LogP contribution >= 0.6 is 0 Å². The van der Waals surface area contributed by atoms with Crippen molar-refractivity contribution in [2.45, 2.75) is 51.1 Å².